The highest BCUT2D eigenvalue weighted by Crippen LogP contribution is 2.14. The predicted octanol–water partition coefficient (Wildman–Crippen LogP) is 1.56. The molecular formula is C14H20N2O3S. The van der Waals surface area contributed by atoms with Gasteiger partial charge in [-0.3, -0.25) is 9.59 Å². The van der Waals surface area contributed by atoms with Crippen LogP contribution in [0.4, 0.5) is 5.69 Å². The maximum atomic E-state index is 11.7. The van der Waals surface area contributed by atoms with E-state index in [0.717, 1.165) is 11.3 Å². The Morgan fingerprint density at radius 3 is 2.75 bits per heavy atom. The van der Waals surface area contributed by atoms with Crippen LogP contribution >= 0.6 is 11.8 Å². The largest absolute Gasteiger partial charge is 0.468 e. The lowest BCUT2D eigenvalue weighted by atomic mass is 10.2. The Morgan fingerprint density at radius 1 is 1.40 bits per heavy atom. The maximum Gasteiger partial charge on any atom is 0.322 e. The minimum absolute atomic E-state index is 0.0593. The fraction of sp³-hybridized carbons (Fsp3) is 0.429. The number of carbonyl (C=O) groups is 2. The second kappa shape index (κ2) is 8.60. The number of nitrogens with two attached hydrogens (primary N) is 1. The summed E-state index contributed by atoms with van der Waals surface area (Å²) in [6.07, 6.45) is 0.495. The minimum Gasteiger partial charge on any atom is -0.468 e. The first kappa shape index (κ1) is 16.5. The maximum absolute atomic E-state index is 11.7. The van der Waals surface area contributed by atoms with Gasteiger partial charge in [0.25, 0.3) is 0 Å². The number of amides is 1. The van der Waals surface area contributed by atoms with E-state index in [4.69, 9.17) is 5.73 Å². The molecule has 0 aliphatic carbocycles. The van der Waals surface area contributed by atoms with E-state index >= 15 is 0 Å². The number of nitrogens with one attached hydrogen (secondary N) is 1. The molecule has 1 rings (SSSR count). The number of methoxy groups -OCH3 is 1. The van der Waals surface area contributed by atoms with Crippen molar-refractivity contribution in [2.75, 3.05) is 23.9 Å². The Kier molecular flexibility index (Phi) is 7.11. The first-order chi connectivity index (χ1) is 9.54. The van der Waals surface area contributed by atoms with Crippen molar-refractivity contribution >= 4 is 29.3 Å². The third-order valence-corrected chi connectivity index (χ3v) is 3.72. The molecule has 0 radical (unpaired) electrons. The highest BCUT2D eigenvalue weighted by molar-refractivity contribution is 7.99. The van der Waals surface area contributed by atoms with Gasteiger partial charge in [0.15, 0.2) is 0 Å². The van der Waals surface area contributed by atoms with Crippen molar-refractivity contribution in [1.29, 1.82) is 0 Å². The van der Waals surface area contributed by atoms with E-state index in [1.165, 1.54) is 18.9 Å². The van der Waals surface area contributed by atoms with Gasteiger partial charge in [-0.05, 0) is 30.7 Å². The zero-order valence-corrected chi connectivity index (χ0v) is 12.5. The Hall–Kier alpha value is -1.53. The van der Waals surface area contributed by atoms with E-state index in [2.05, 4.69) is 10.1 Å². The quantitative estimate of drug-likeness (QED) is 0.589. The number of ether oxygens (including phenoxy) is 1. The number of carbonyl (C=O) groups excluding carboxylic acids is 2. The zero-order chi connectivity index (χ0) is 15.0. The fourth-order valence-corrected chi connectivity index (χ4v) is 2.37. The fourth-order valence-electron chi connectivity index (χ4n) is 1.54. The number of thioether (sulfide) groups is 1. The van der Waals surface area contributed by atoms with Gasteiger partial charge in [0.05, 0.1) is 12.9 Å². The predicted molar refractivity (Wildman–Crippen MR) is 81.7 cm³/mol. The number of para-hydroxylation sites is 1. The summed E-state index contributed by atoms with van der Waals surface area (Å²) in [6, 6.07) is 6.99. The van der Waals surface area contributed by atoms with Crippen LogP contribution in [-0.4, -0.2) is 36.5 Å². The number of esters is 1. The van der Waals surface area contributed by atoms with Gasteiger partial charge in [0.2, 0.25) is 5.91 Å². The van der Waals surface area contributed by atoms with Crippen LogP contribution in [0, 0.1) is 6.92 Å². The molecule has 0 heterocycles. The molecule has 0 saturated carbocycles. The lowest BCUT2D eigenvalue weighted by Gasteiger charge is -2.09. The van der Waals surface area contributed by atoms with Gasteiger partial charge in [-0.1, -0.05) is 18.2 Å². The first-order valence-corrected chi connectivity index (χ1v) is 7.46. The monoisotopic (exact) mass is 296 g/mol. The summed E-state index contributed by atoms with van der Waals surface area (Å²) >= 11 is 1.44. The van der Waals surface area contributed by atoms with E-state index in [1.807, 2.05) is 31.2 Å². The third-order valence-electron chi connectivity index (χ3n) is 2.73. The second-order valence-corrected chi connectivity index (χ2v) is 5.44. The van der Waals surface area contributed by atoms with Crippen molar-refractivity contribution in [2.45, 2.75) is 19.4 Å². The molecular weight excluding hydrogens is 276 g/mol. The summed E-state index contributed by atoms with van der Waals surface area (Å²) < 4.78 is 4.53. The molecule has 1 amide bonds. The van der Waals surface area contributed by atoms with Crippen LogP contribution in [0.2, 0.25) is 0 Å². The molecule has 1 atom stereocenters. The lowest BCUT2D eigenvalue weighted by Crippen LogP contribution is -2.32. The summed E-state index contributed by atoms with van der Waals surface area (Å²) in [5, 5.41) is 2.85. The standard InChI is InChI=1S/C14H20N2O3S/c1-10-5-3-4-6-12(10)16-13(17)9-20-8-7-11(15)14(18)19-2/h3-6,11H,7-9,15H2,1-2H3,(H,16,17). The van der Waals surface area contributed by atoms with Crippen LogP contribution < -0.4 is 11.1 Å². The highest BCUT2D eigenvalue weighted by atomic mass is 32.2. The molecule has 1 aromatic carbocycles. The molecule has 5 nitrogen and oxygen atoms in total. The van der Waals surface area contributed by atoms with E-state index < -0.39 is 12.0 Å². The molecule has 0 spiro atoms. The number of benzene rings is 1. The van der Waals surface area contributed by atoms with Crippen LogP contribution in [0.5, 0.6) is 0 Å². The Balaban J connectivity index is 2.24. The van der Waals surface area contributed by atoms with Crippen molar-refractivity contribution in [2.24, 2.45) is 5.73 Å². The molecule has 3 N–H and O–H groups in total. The summed E-state index contributed by atoms with van der Waals surface area (Å²) in [4.78, 5) is 22.8. The van der Waals surface area contributed by atoms with Gasteiger partial charge >= 0.3 is 5.97 Å². The Bertz CT molecular complexity index is 465. The molecule has 110 valence electrons. The molecule has 20 heavy (non-hydrogen) atoms. The molecule has 0 bridgehead atoms. The van der Waals surface area contributed by atoms with Crippen LogP contribution in [0.15, 0.2) is 24.3 Å². The van der Waals surface area contributed by atoms with Gasteiger partial charge in [0, 0.05) is 5.69 Å². The van der Waals surface area contributed by atoms with Crippen molar-refractivity contribution in [1.82, 2.24) is 0 Å². The zero-order valence-electron chi connectivity index (χ0n) is 11.7. The molecule has 1 aromatic rings. The molecule has 6 heteroatoms. The van der Waals surface area contributed by atoms with Crippen molar-refractivity contribution in [3.05, 3.63) is 29.8 Å². The first-order valence-electron chi connectivity index (χ1n) is 6.31. The Morgan fingerprint density at radius 2 is 2.10 bits per heavy atom. The topological polar surface area (TPSA) is 81.4 Å². The van der Waals surface area contributed by atoms with Gasteiger partial charge in [-0.15, -0.1) is 0 Å². The van der Waals surface area contributed by atoms with Crippen molar-refractivity contribution in [3.63, 3.8) is 0 Å². The summed E-state index contributed by atoms with van der Waals surface area (Å²) in [7, 11) is 1.31. The third kappa shape index (κ3) is 5.63. The van der Waals surface area contributed by atoms with Crippen LogP contribution in [0.1, 0.15) is 12.0 Å². The van der Waals surface area contributed by atoms with Gasteiger partial charge in [-0.25, -0.2) is 0 Å². The molecule has 1 unspecified atom stereocenters. The van der Waals surface area contributed by atoms with E-state index in [9.17, 15) is 9.59 Å². The smallest absolute Gasteiger partial charge is 0.322 e. The van der Waals surface area contributed by atoms with E-state index in [-0.39, 0.29) is 5.91 Å². The number of aryl methyl sites for hydroxylation is 1. The normalized spacial score (nSPS) is 11.8. The van der Waals surface area contributed by atoms with E-state index in [0.29, 0.717) is 17.9 Å². The summed E-state index contributed by atoms with van der Waals surface area (Å²) in [6.45, 7) is 1.94. The molecule has 0 saturated heterocycles. The van der Waals surface area contributed by atoms with Gasteiger partial charge in [-0.2, -0.15) is 11.8 Å². The molecule has 0 aromatic heterocycles. The highest BCUT2D eigenvalue weighted by Gasteiger charge is 2.13. The number of hydrogen-bond donors (Lipinski definition) is 2. The van der Waals surface area contributed by atoms with Gasteiger partial charge in [0.1, 0.15) is 6.04 Å². The Labute approximate surface area is 123 Å². The number of hydrogen-bond acceptors (Lipinski definition) is 5. The molecule has 0 aliphatic heterocycles. The van der Waals surface area contributed by atoms with Crippen LogP contribution in [0.25, 0.3) is 0 Å². The lowest BCUT2D eigenvalue weighted by molar-refractivity contribution is -0.142. The van der Waals surface area contributed by atoms with Crippen molar-refractivity contribution in [3.8, 4) is 0 Å². The SMILES string of the molecule is COC(=O)C(N)CCSCC(=O)Nc1ccccc1C. The minimum atomic E-state index is -0.619. The molecule has 0 fully saturated rings. The van der Waals surface area contributed by atoms with Gasteiger partial charge < -0.3 is 15.8 Å². The van der Waals surface area contributed by atoms with Crippen LogP contribution in [-0.2, 0) is 14.3 Å². The average molecular weight is 296 g/mol. The number of rotatable bonds is 7. The number of anilines is 1. The molecule has 0 aliphatic rings. The van der Waals surface area contributed by atoms with Crippen LogP contribution in [0.3, 0.4) is 0 Å². The second-order valence-electron chi connectivity index (χ2n) is 4.33. The average Bonchev–Trinajstić information content (AvgIpc) is 2.45. The van der Waals surface area contributed by atoms with E-state index in [1.54, 1.807) is 0 Å². The van der Waals surface area contributed by atoms with Crippen molar-refractivity contribution < 1.29 is 14.3 Å². The summed E-state index contributed by atoms with van der Waals surface area (Å²) in [5.41, 5.74) is 7.45. The summed E-state index contributed by atoms with van der Waals surface area (Å²) in [5.74, 6) is 0.491.